The van der Waals surface area contributed by atoms with E-state index in [9.17, 15) is 14.7 Å². The molecular formula is C14H16N2O5. The van der Waals surface area contributed by atoms with Crippen LogP contribution >= 0.6 is 0 Å². The van der Waals surface area contributed by atoms with Gasteiger partial charge in [-0.2, -0.15) is 0 Å². The normalized spacial score (nSPS) is 10.3. The van der Waals surface area contributed by atoms with E-state index in [0.717, 1.165) is 22.9 Å². The zero-order valence-electron chi connectivity index (χ0n) is 11.1. The van der Waals surface area contributed by atoms with Gasteiger partial charge < -0.3 is 26.0 Å². The smallest absolute Gasteiger partial charge is 0.328 e. The molecule has 6 N–H and O–H groups in total. The molecule has 21 heavy (non-hydrogen) atoms. The van der Waals surface area contributed by atoms with Gasteiger partial charge in [0.05, 0.1) is 0 Å². The molecule has 0 saturated carbocycles. The van der Waals surface area contributed by atoms with Crippen LogP contribution in [-0.4, -0.2) is 38.8 Å². The summed E-state index contributed by atoms with van der Waals surface area (Å²) in [6, 6.07) is 5.30. The zero-order valence-corrected chi connectivity index (χ0v) is 11.1. The first-order chi connectivity index (χ1) is 9.93. The van der Waals surface area contributed by atoms with E-state index >= 15 is 0 Å². The van der Waals surface area contributed by atoms with Crippen molar-refractivity contribution in [2.24, 2.45) is 5.73 Å². The van der Waals surface area contributed by atoms with Gasteiger partial charge in [0.2, 0.25) is 0 Å². The lowest BCUT2D eigenvalue weighted by Gasteiger charge is -1.96. The van der Waals surface area contributed by atoms with Crippen LogP contribution in [0, 0.1) is 0 Å². The van der Waals surface area contributed by atoms with E-state index in [2.05, 4.69) is 4.98 Å². The number of hydrogen-bond acceptors (Lipinski definition) is 4. The van der Waals surface area contributed by atoms with Crippen molar-refractivity contribution >= 4 is 22.8 Å². The molecule has 0 aliphatic carbocycles. The fourth-order valence-electron chi connectivity index (χ4n) is 1.67. The summed E-state index contributed by atoms with van der Waals surface area (Å²) in [7, 11) is 0. The number of H-pyrrole nitrogens is 1. The first-order valence-electron chi connectivity index (χ1n) is 6.07. The van der Waals surface area contributed by atoms with E-state index in [1.165, 1.54) is 0 Å². The van der Waals surface area contributed by atoms with Crippen LogP contribution in [0.5, 0.6) is 5.75 Å². The Morgan fingerprint density at radius 3 is 2.33 bits per heavy atom. The summed E-state index contributed by atoms with van der Waals surface area (Å²) in [6.45, 7) is 0.628. The predicted molar refractivity (Wildman–Crippen MR) is 77.1 cm³/mol. The summed E-state index contributed by atoms with van der Waals surface area (Å²) in [6.07, 6.45) is 3.89. The van der Waals surface area contributed by atoms with Crippen LogP contribution in [0.15, 0.2) is 36.5 Å². The number of aromatic amines is 1. The van der Waals surface area contributed by atoms with Crippen molar-refractivity contribution in [3.05, 3.63) is 42.1 Å². The molecule has 0 atom stereocenters. The van der Waals surface area contributed by atoms with E-state index in [1.54, 1.807) is 12.1 Å². The summed E-state index contributed by atoms with van der Waals surface area (Å²) >= 11 is 0. The average Bonchev–Trinajstić information content (AvgIpc) is 2.80. The van der Waals surface area contributed by atoms with E-state index in [0.29, 0.717) is 24.4 Å². The molecule has 0 spiro atoms. The third-order valence-electron chi connectivity index (χ3n) is 2.53. The molecule has 0 saturated heterocycles. The third-order valence-corrected chi connectivity index (χ3v) is 2.53. The number of nitrogens with two attached hydrogens (primary N) is 1. The summed E-state index contributed by atoms with van der Waals surface area (Å²) in [5.41, 5.74) is 7.68. The highest BCUT2D eigenvalue weighted by Gasteiger charge is 2.02. The van der Waals surface area contributed by atoms with Crippen molar-refractivity contribution in [2.45, 2.75) is 6.42 Å². The van der Waals surface area contributed by atoms with Gasteiger partial charge in [-0.15, -0.1) is 0 Å². The number of carbonyl (C=O) groups is 2. The Balaban J connectivity index is 0.000000240. The molecule has 0 aliphatic rings. The number of benzene rings is 1. The van der Waals surface area contributed by atoms with Crippen molar-refractivity contribution in [3.8, 4) is 5.75 Å². The summed E-state index contributed by atoms with van der Waals surface area (Å²) in [4.78, 5) is 22.2. The Kier molecular flexibility index (Phi) is 5.97. The van der Waals surface area contributed by atoms with E-state index in [-0.39, 0.29) is 0 Å². The highest BCUT2D eigenvalue weighted by molar-refractivity contribution is 5.89. The molecule has 1 aromatic heterocycles. The summed E-state index contributed by atoms with van der Waals surface area (Å²) < 4.78 is 0. The van der Waals surface area contributed by atoms with Gasteiger partial charge in [0.15, 0.2) is 0 Å². The quantitative estimate of drug-likeness (QED) is 0.535. The third kappa shape index (κ3) is 5.37. The van der Waals surface area contributed by atoms with E-state index < -0.39 is 11.9 Å². The largest absolute Gasteiger partial charge is 0.508 e. The average molecular weight is 292 g/mol. The molecule has 0 aliphatic heterocycles. The van der Waals surface area contributed by atoms with Crippen molar-refractivity contribution in [3.63, 3.8) is 0 Å². The van der Waals surface area contributed by atoms with Crippen molar-refractivity contribution < 1.29 is 24.9 Å². The molecule has 0 radical (unpaired) electrons. The number of carboxylic acids is 2. The van der Waals surface area contributed by atoms with Crippen molar-refractivity contribution in [2.75, 3.05) is 6.54 Å². The summed E-state index contributed by atoms with van der Waals surface area (Å²) in [5, 5.41) is 26.0. The highest BCUT2D eigenvalue weighted by Crippen LogP contribution is 2.22. The van der Waals surface area contributed by atoms with Crippen LogP contribution in [-0.2, 0) is 16.0 Å². The number of carboxylic acid groups (broad SMARTS) is 2. The Morgan fingerprint density at radius 2 is 1.81 bits per heavy atom. The van der Waals surface area contributed by atoms with Gasteiger partial charge >= 0.3 is 11.9 Å². The predicted octanol–water partition coefficient (Wildman–Crippen LogP) is 1.09. The van der Waals surface area contributed by atoms with Crippen LogP contribution in [0.1, 0.15) is 5.56 Å². The molecule has 2 rings (SSSR count). The Hall–Kier alpha value is -2.80. The second-order valence-corrected chi connectivity index (χ2v) is 4.09. The monoisotopic (exact) mass is 292 g/mol. The lowest BCUT2D eigenvalue weighted by molar-refractivity contribution is -0.134. The number of rotatable bonds is 4. The Morgan fingerprint density at radius 1 is 1.19 bits per heavy atom. The van der Waals surface area contributed by atoms with Gasteiger partial charge in [-0.1, -0.05) is 0 Å². The number of hydrogen-bond donors (Lipinski definition) is 5. The van der Waals surface area contributed by atoms with Crippen molar-refractivity contribution in [1.82, 2.24) is 4.98 Å². The molecule has 0 bridgehead atoms. The van der Waals surface area contributed by atoms with E-state index in [4.69, 9.17) is 15.9 Å². The molecule has 7 nitrogen and oxygen atoms in total. The minimum Gasteiger partial charge on any atom is -0.508 e. The van der Waals surface area contributed by atoms with Gasteiger partial charge in [-0.05, 0) is 36.7 Å². The zero-order chi connectivity index (χ0) is 15.8. The first kappa shape index (κ1) is 16.3. The number of phenolic OH excluding ortho intramolecular Hbond substituents is 1. The number of fused-ring (bicyclic) bond motifs is 1. The number of aliphatic carboxylic acids is 2. The van der Waals surface area contributed by atoms with Gasteiger partial charge in [0, 0.05) is 29.3 Å². The SMILES string of the molecule is NCCc1c[nH]c2ccc(O)cc12.O=C(O)C=CC(=O)O. The van der Waals surface area contributed by atoms with Gasteiger partial charge in [0.25, 0.3) is 0 Å². The van der Waals surface area contributed by atoms with Crippen LogP contribution in [0.4, 0.5) is 0 Å². The van der Waals surface area contributed by atoms with Gasteiger partial charge in [0.1, 0.15) is 5.75 Å². The number of nitrogens with one attached hydrogen (secondary N) is 1. The molecule has 7 heteroatoms. The topological polar surface area (TPSA) is 137 Å². The summed E-state index contributed by atoms with van der Waals surface area (Å²) in [5.74, 6) is -2.22. The fraction of sp³-hybridized carbons (Fsp3) is 0.143. The Labute approximate surface area is 120 Å². The van der Waals surface area contributed by atoms with Crippen LogP contribution in [0.3, 0.4) is 0 Å². The maximum Gasteiger partial charge on any atom is 0.328 e. The van der Waals surface area contributed by atoms with E-state index in [1.807, 2.05) is 12.3 Å². The molecule has 112 valence electrons. The molecular weight excluding hydrogens is 276 g/mol. The lowest BCUT2D eigenvalue weighted by Crippen LogP contribution is -2.01. The first-order valence-corrected chi connectivity index (χ1v) is 6.07. The Bertz CT molecular complexity index is 644. The molecule has 0 amide bonds. The molecule has 2 aromatic rings. The number of phenols is 1. The highest BCUT2D eigenvalue weighted by atomic mass is 16.4. The molecule has 0 fully saturated rings. The van der Waals surface area contributed by atoms with Crippen LogP contribution in [0.25, 0.3) is 10.9 Å². The lowest BCUT2D eigenvalue weighted by atomic mass is 10.1. The number of aromatic nitrogens is 1. The van der Waals surface area contributed by atoms with Crippen LogP contribution in [0.2, 0.25) is 0 Å². The second kappa shape index (κ2) is 7.71. The molecule has 1 heterocycles. The minimum atomic E-state index is -1.26. The maximum atomic E-state index is 9.55. The molecule has 1 aromatic carbocycles. The second-order valence-electron chi connectivity index (χ2n) is 4.09. The van der Waals surface area contributed by atoms with Gasteiger partial charge in [-0.3, -0.25) is 0 Å². The number of aromatic hydroxyl groups is 1. The minimum absolute atomic E-state index is 0.297. The van der Waals surface area contributed by atoms with Crippen LogP contribution < -0.4 is 5.73 Å². The van der Waals surface area contributed by atoms with Crippen molar-refractivity contribution in [1.29, 1.82) is 0 Å². The van der Waals surface area contributed by atoms with Gasteiger partial charge in [-0.25, -0.2) is 9.59 Å². The fourth-order valence-corrected chi connectivity index (χ4v) is 1.67. The molecule has 0 unspecified atom stereocenters. The maximum absolute atomic E-state index is 9.55. The standard InChI is InChI=1S/C10H12N2O.C4H4O4/c11-4-3-7-6-12-10-2-1-8(13)5-9(7)10;5-3(6)1-2-4(7)8/h1-2,5-6,12-13H,3-4,11H2;1-2H,(H,5,6)(H,7,8).